The standard InChI is InChI=1S/C13H10Cl2N4O4S/c14-10-5-11(15)18-19(17-10)7-1-2-8-6(3-7)4-9(24(21,22)23)12(16)13(8)20/h1-5,17,20H,16H2,(H,21,22,23). The zero-order valence-corrected chi connectivity index (χ0v) is 14.1. The summed E-state index contributed by atoms with van der Waals surface area (Å²) in [7, 11) is -4.60. The molecule has 2 aromatic carbocycles. The van der Waals surface area contributed by atoms with Gasteiger partial charge in [-0.2, -0.15) is 13.5 Å². The van der Waals surface area contributed by atoms with Gasteiger partial charge in [-0.05, 0) is 29.7 Å². The summed E-state index contributed by atoms with van der Waals surface area (Å²) < 4.78 is 32.0. The van der Waals surface area contributed by atoms with Gasteiger partial charge >= 0.3 is 0 Å². The van der Waals surface area contributed by atoms with Gasteiger partial charge in [0.1, 0.15) is 15.8 Å². The van der Waals surface area contributed by atoms with E-state index in [0.29, 0.717) is 16.5 Å². The van der Waals surface area contributed by atoms with Crippen LogP contribution in [0.15, 0.2) is 45.5 Å². The predicted molar refractivity (Wildman–Crippen MR) is 92.7 cm³/mol. The Morgan fingerprint density at radius 2 is 1.96 bits per heavy atom. The number of hydrogen-bond acceptors (Lipinski definition) is 7. The number of nitrogens with zero attached hydrogens (tertiary/aromatic N) is 2. The highest BCUT2D eigenvalue weighted by Crippen LogP contribution is 2.37. The number of halogens is 2. The van der Waals surface area contributed by atoms with E-state index in [0.717, 1.165) is 6.07 Å². The number of hydrazone groups is 1. The van der Waals surface area contributed by atoms with Crippen LogP contribution in [0.2, 0.25) is 0 Å². The molecule has 0 amide bonds. The monoisotopic (exact) mass is 388 g/mol. The van der Waals surface area contributed by atoms with Crippen LogP contribution in [0, 0.1) is 0 Å². The number of nitrogen functional groups attached to an aromatic ring is 1. The molecule has 0 saturated heterocycles. The molecule has 126 valence electrons. The van der Waals surface area contributed by atoms with Gasteiger partial charge in [0.2, 0.25) is 0 Å². The molecule has 0 spiro atoms. The molecule has 24 heavy (non-hydrogen) atoms. The van der Waals surface area contributed by atoms with Crippen molar-refractivity contribution < 1.29 is 18.1 Å². The first-order valence-corrected chi connectivity index (χ1v) is 8.57. The lowest BCUT2D eigenvalue weighted by atomic mass is 10.1. The van der Waals surface area contributed by atoms with E-state index in [-0.39, 0.29) is 10.3 Å². The van der Waals surface area contributed by atoms with Crippen molar-refractivity contribution in [2.24, 2.45) is 5.10 Å². The second kappa shape index (κ2) is 5.71. The number of benzene rings is 2. The Kier molecular flexibility index (Phi) is 3.96. The van der Waals surface area contributed by atoms with Crippen LogP contribution in [0.5, 0.6) is 5.75 Å². The molecule has 5 N–H and O–H groups in total. The summed E-state index contributed by atoms with van der Waals surface area (Å²) in [6, 6.07) is 5.77. The Labute approximate surface area is 146 Å². The molecule has 0 fully saturated rings. The van der Waals surface area contributed by atoms with Crippen molar-refractivity contribution in [3.05, 3.63) is 35.5 Å². The quantitative estimate of drug-likeness (QED) is 0.269. The van der Waals surface area contributed by atoms with Crippen molar-refractivity contribution in [2.45, 2.75) is 4.90 Å². The molecule has 8 nitrogen and oxygen atoms in total. The fourth-order valence-corrected chi connectivity index (χ4v) is 3.30. The van der Waals surface area contributed by atoms with Crippen LogP contribution in [-0.4, -0.2) is 23.2 Å². The highest BCUT2D eigenvalue weighted by Gasteiger charge is 2.20. The summed E-state index contributed by atoms with van der Waals surface area (Å²) in [5, 5.41) is 16.3. The maximum Gasteiger partial charge on any atom is 0.296 e. The number of anilines is 2. The minimum atomic E-state index is -4.60. The van der Waals surface area contributed by atoms with Gasteiger partial charge in [-0.25, -0.2) is 0 Å². The number of hydrogen-bond donors (Lipinski definition) is 4. The zero-order chi connectivity index (χ0) is 17.6. The van der Waals surface area contributed by atoms with Crippen molar-refractivity contribution >= 4 is 60.6 Å². The lowest BCUT2D eigenvalue weighted by Gasteiger charge is -2.23. The van der Waals surface area contributed by atoms with Crippen molar-refractivity contribution in [3.8, 4) is 5.75 Å². The van der Waals surface area contributed by atoms with Crippen molar-refractivity contribution in [3.63, 3.8) is 0 Å². The van der Waals surface area contributed by atoms with E-state index in [4.69, 9.17) is 28.9 Å². The largest absolute Gasteiger partial charge is 0.505 e. The molecule has 0 saturated carbocycles. The lowest BCUT2D eigenvalue weighted by molar-refractivity contribution is 0.473. The number of fused-ring (bicyclic) bond motifs is 1. The van der Waals surface area contributed by atoms with E-state index >= 15 is 0 Å². The summed E-state index contributed by atoms with van der Waals surface area (Å²) in [4.78, 5) is -0.587. The molecule has 2 aromatic rings. The van der Waals surface area contributed by atoms with Gasteiger partial charge in [-0.1, -0.05) is 23.2 Å². The number of nitrogens with one attached hydrogen (secondary N) is 1. The fraction of sp³-hybridized carbons (Fsp3) is 0. The number of phenols is 1. The van der Waals surface area contributed by atoms with Crippen molar-refractivity contribution in [1.82, 2.24) is 5.43 Å². The van der Waals surface area contributed by atoms with Crippen LogP contribution in [0.4, 0.5) is 11.4 Å². The Morgan fingerprint density at radius 1 is 1.25 bits per heavy atom. The maximum atomic E-state index is 11.4. The third-order valence-corrected chi connectivity index (χ3v) is 4.55. The molecule has 0 aromatic heterocycles. The molecule has 0 unspecified atom stereocenters. The summed E-state index contributed by atoms with van der Waals surface area (Å²) in [6.07, 6.45) is 1.41. The molecular formula is C13H10Cl2N4O4S. The van der Waals surface area contributed by atoms with Crippen LogP contribution >= 0.6 is 23.2 Å². The van der Waals surface area contributed by atoms with Crippen LogP contribution in [0.1, 0.15) is 0 Å². The molecule has 1 aliphatic rings. The van der Waals surface area contributed by atoms with Gasteiger partial charge in [0, 0.05) is 11.5 Å². The van der Waals surface area contributed by atoms with E-state index in [1.54, 1.807) is 6.07 Å². The van der Waals surface area contributed by atoms with E-state index in [9.17, 15) is 18.1 Å². The first-order valence-electron chi connectivity index (χ1n) is 6.37. The molecule has 11 heteroatoms. The predicted octanol–water partition coefficient (Wildman–Crippen LogP) is 2.33. The van der Waals surface area contributed by atoms with E-state index in [1.807, 2.05) is 0 Å². The smallest absolute Gasteiger partial charge is 0.296 e. The number of aromatic hydroxyl groups is 1. The molecule has 0 radical (unpaired) electrons. The summed E-state index contributed by atoms with van der Waals surface area (Å²) >= 11 is 11.7. The molecular weight excluding hydrogens is 379 g/mol. The Bertz CT molecular complexity index is 1020. The van der Waals surface area contributed by atoms with E-state index < -0.39 is 26.5 Å². The summed E-state index contributed by atoms with van der Waals surface area (Å²) in [6.45, 7) is 0. The van der Waals surface area contributed by atoms with Gasteiger partial charge in [0.15, 0.2) is 5.17 Å². The van der Waals surface area contributed by atoms with Crippen LogP contribution in [-0.2, 0) is 10.1 Å². The number of rotatable bonds is 2. The van der Waals surface area contributed by atoms with E-state index in [1.165, 1.54) is 23.3 Å². The Morgan fingerprint density at radius 3 is 2.58 bits per heavy atom. The average molecular weight is 389 g/mol. The lowest BCUT2D eigenvalue weighted by Crippen LogP contribution is -2.34. The molecule has 0 bridgehead atoms. The van der Waals surface area contributed by atoms with Gasteiger partial charge in [0.05, 0.1) is 11.4 Å². The topological polar surface area (TPSA) is 128 Å². The Balaban J connectivity index is 2.18. The second-order valence-corrected chi connectivity index (χ2v) is 7.04. The van der Waals surface area contributed by atoms with Crippen molar-refractivity contribution in [1.29, 1.82) is 0 Å². The van der Waals surface area contributed by atoms with Crippen LogP contribution < -0.4 is 16.3 Å². The number of allylic oxidation sites excluding steroid dienone is 1. The fourth-order valence-electron chi connectivity index (χ4n) is 2.22. The Hall–Kier alpha value is -2.20. The summed E-state index contributed by atoms with van der Waals surface area (Å²) in [5.74, 6) is -0.447. The minimum Gasteiger partial charge on any atom is -0.505 e. The third-order valence-electron chi connectivity index (χ3n) is 3.27. The highest BCUT2D eigenvalue weighted by molar-refractivity contribution is 7.86. The van der Waals surface area contributed by atoms with Crippen LogP contribution in [0.25, 0.3) is 10.8 Å². The van der Waals surface area contributed by atoms with Gasteiger partial charge in [0.25, 0.3) is 10.1 Å². The number of nitrogens with two attached hydrogens (primary N) is 1. The minimum absolute atomic E-state index is 0.137. The van der Waals surface area contributed by atoms with Gasteiger partial charge in [-0.3, -0.25) is 9.98 Å². The normalized spacial score (nSPS) is 15.0. The van der Waals surface area contributed by atoms with E-state index in [2.05, 4.69) is 10.5 Å². The third kappa shape index (κ3) is 2.94. The first-order chi connectivity index (χ1) is 11.2. The number of phenolic OH excluding ortho intramolecular Hbond substituents is 1. The van der Waals surface area contributed by atoms with Crippen LogP contribution in [0.3, 0.4) is 0 Å². The maximum absolute atomic E-state index is 11.4. The first kappa shape index (κ1) is 16.7. The second-order valence-electron chi connectivity index (χ2n) is 4.86. The molecule has 1 heterocycles. The molecule has 0 aliphatic carbocycles. The van der Waals surface area contributed by atoms with Gasteiger partial charge < -0.3 is 10.8 Å². The average Bonchev–Trinajstić information content (AvgIpc) is 2.48. The highest BCUT2D eigenvalue weighted by atomic mass is 35.5. The molecule has 1 aliphatic heterocycles. The molecule has 3 rings (SSSR count). The number of hydrazine groups is 1. The van der Waals surface area contributed by atoms with Crippen molar-refractivity contribution in [2.75, 3.05) is 10.9 Å². The molecule has 0 atom stereocenters. The zero-order valence-electron chi connectivity index (χ0n) is 11.7. The summed E-state index contributed by atoms with van der Waals surface area (Å²) in [5.41, 5.74) is 8.33. The SMILES string of the molecule is Nc1c(S(=O)(=O)O)cc2cc(N3N=C(Cl)C=C(Cl)N3)ccc2c1O. The van der Waals surface area contributed by atoms with Gasteiger partial charge in [-0.15, -0.1) is 5.10 Å².